The molecular weight excluding hydrogens is 414 g/mol. The molecule has 0 aliphatic carbocycles. The quantitative estimate of drug-likeness (QED) is 0.352. The van der Waals surface area contributed by atoms with Gasteiger partial charge in [-0.3, -0.25) is 0 Å². The molecule has 1 atom stereocenters. The molecule has 0 saturated carbocycles. The van der Waals surface area contributed by atoms with Crippen LogP contribution in [0.3, 0.4) is 0 Å². The molecule has 5 heteroatoms. The van der Waals surface area contributed by atoms with Crippen molar-refractivity contribution in [3.8, 4) is 0 Å². The third kappa shape index (κ3) is 5.37. The van der Waals surface area contributed by atoms with Gasteiger partial charge in [-0.15, -0.1) is 23.2 Å². The minimum absolute atomic E-state index is 0. The summed E-state index contributed by atoms with van der Waals surface area (Å²) in [6.45, 7) is 11.2. The Bertz CT molecular complexity index is 439. The summed E-state index contributed by atoms with van der Waals surface area (Å²) in [6.07, 6.45) is 0. The number of halogens is 2. The van der Waals surface area contributed by atoms with Crippen molar-refractivity contribution >= 4 is 42.1 Å². The third-order valence-electron chi connectivity index (χ3n) is 3.41. The van der Waals surface area contributed by atoms with Gasteiger partial charge < -0.3 is 4.90 Å². The number of alkyl halides is 2. The second kappa shape index (κ2) is 7.99. The number of benzene rings is 1. The van der Waals surface area contributed by atoms with Crippen LogP contribution in [0.5, 0.6) is 0 Å². The maximum Gasteiger partial charge on any atom is 2.00 e. The van der Waals surface area contributed by atoms with E-state index < -0.39 is 7.92 Å². The molecule has 1 nitrogen and oxygen atoms in total. The fourth-order valence-corrected chi connectivity index (χ4v) is 6.98. The number of rotatable bonds is 4. The van der Waals surface area contributed by atoms with E-state index in [-0.39, 0.29) is 35.6 Å². The van der Waals surface area contributed by atoms with Crippen LogP contribution in [0, 0.1) is 0 Å². The molecule has 0 radical (unpaired) electrons. The zero-order valence-corrected chi connectivity index (χ0v) is 17.8. The maximum absolute atomic E-state index is 6.28. The molecule has 0 fully saturated rings. The van der Waals surface area contributed by atoms with Gasteiger partial charge in [0.05, 0.1) is 0 Å². The Morgan fingerprint density at radius 1 is 0.952 bits per heavy atom. The molecule has 0 saturated heterocycles. The topological polar surface area (TPSA) is 3.24 Å². The normalized spacial score (nSPS) is 13.8. The molecule has 0 amide bonds. The first-order chi connectivity index (χ1) is 8.98. The van der Waals surface area contributed by atoms with Crippen LogP contribution in [0.15, 0.2) is 24.3 Å². The van der Waals surface area contributed by atoms with E-state index in [1.165, 1.54) is 11.0 Å². The van der Waals surface area contributed by atoms with E-state index in [1.807, 2.05) is 0 Å². The molecule has 122 valence electrons. The molecule has 0 bridgehead atoms. The van der Waals surface area contributed by atoms with E-state index in [1.54, 1.807) is 0 Å². The zero-order chi connectivity index (χ0) is 15.7. The first kappa shape index (κ1) is 21.7. The number of anilines is 1. The average molecular weight is 441 g/mol. The van der Waals surface area contributed by atoms with Gasteiger partial charge in [0.25, 0.3) is 0 Å². The molecular formula is C16H26Cl2NPPd+2. The van der Waals surface area contributed by atoms with Gasteiger partial charge in [0, 0.05) is 24.9 Å². The first-order valence-corrected chi connectivity index (χ1v) is 9.05. The van der Waals surface area contributed by atoms with E-state index in [0.29, 0.717) is 0 Å². The van der Waals surface area contributed by atoms with Crippen molar-refractivity contribution in [3.63, 3.8) is 0 Å². The van der Waals surface area contributed by atoms with Gasteiger partial charge in [-0.2, -0.15) is 0 Å². The van der Waals surface area contributed by atoms with Crippen molar-refractivity contribution < 1.29 is 20.4 Å². The van der Waals surface area contributed by atoms with Gasteiger partial charge in [0.1, 0.15) is 4.84 Å². The number of nitrogens with zero attached hydrogens (tertiary/aromatic N) is 1. The van der Waals surface area contributed by atoms with Crippen LogP contribution < -0.4 is 10.2 Å². The van der Waals surface area contributed by atoms with E-state index >= 15 is 0 Å². The molecule has 21 heavy (non-hydrogen) atoms. The van der Waals surface area contributed by atoms with E-state index in [4.69, 9.17) is 23.2 Å². The van der Waals surface area contributed by atoms with E-state index in [2.05, 4.69) is 77.9 Å². The smallest absolute Gasteiger partial charge is 0.378 e. The Hall–Kier alpha value is 0.692. The fourth-order valence-electron chi connectivity index (χ4n) is 2.58. The Labute approximate surface area is 155 Å². The largest absolute Gasteiger partial charge is 2.00 e. The van der Waals surface area contributed by atoms with E-state index in [0.717, 1.165) is 0 Å². The van der Waals surface area contributed by atoms with Crippen LogP contribution in [0.4, 0.5) is 5.69 Å². The van der Waals surface area contributed by atoms with Crippen molar-refractivity contribution in [2.45, 2.75) is 49.8 Å². The van der Waals surface area contributed by atoms with E-state index in [9.17, 15) is 0 Å². The summed E-state index contributed by atoms with van der Waals surface area (Å²) in [5.41, 5.74) is 1.21. The van der Waals surface area contributed by atoms with Crippen molar-refractivity contribution in [1.29, 1.82) is 0 Å². The summed E-state index contributed by atoms with van der Waals surface area (Å²) in [4.78, 5) is 1.74. The molecule has 0 spiro atoms. The fraction of sp³-hybridized carbons (Fsp3) is 0.625. The van der Waals surface area contributed by atoms with Crippen LogP contribution in [0.1, 0.15) is 34.6 Å². The van der Waals surface area contributed by atoms with Gasteiger partial charge in [-0.25, -0.2) is 0 Å². The van der Waals surface area contributed by atoms with Crippen LogP contribution in [-0.2, 0) is 20.4 Å². The molecule has 0 aliphatic rings. The summed E-state index contributed by atoms with van der Waals surface area (Å²) in [5, 5.41) is 1.38. The minimum Gasteiger partial charge on any atom is -0.378 e. The van der Waals surface area contributed by atoms with Crippen molar-refractivity contribution in [2.24, 2.45) is 0 Å². The van der Waals surface area contributed by atoms with Gasteiger partial charge in [-0.05, 0) is 22.6 Å². The molecule has 1 rings (SSSR count). The molecule has 1 unspecified atom stereocenters. The standard InChI is InChI=1S/C16H26Cl2NP.Pd/c1-15(2,3)20(16(4,5)14(17)18)13-10-8-12(9-11-13)19(6)7;/h8-11,14H,1-7H3;/q;+2. The summed E-state index contributed by atoms with van der Waals surface area (Å²) < 4.78 is 0. The summed E-state index contributed by atoms with van der Waals surface area (Å²) in [5.74, 6) is 0. The van der Waals surface area contributed by atoms with Gasteiger partial charge in [0.15, 0.2) is 0 Å². The zero-order valence-electron chi connectivity index (χ0n) is 13.9. The summed E-state index contributed by atoms with van der Waals surface area (Å²) in [6, 6.07) is 8.79. The predicted molar refractivity (Wildman–Crippen MR) is 96.6 cm³/mol. The third-order valence-corrected chi connectivity index (χ3v) is 8.37. The van der Waals surface area contributed by atoms with Gasteiger partial charge >= 0.3 is 20.4 Å². The van der Waals surface area contributed by atoms with Crippen molar-refractivity contribution in [1.82, 2.24) is 0 Å². The predicted octanol–water partition coefficient (Wildman–Crippen LogP) is 5.24. The van der Waals surface area contributed by atoms with Gasteiger partial charge in [-0.1, -0.05) is 54.7 Å². The second-order valence-corrected chi connectivity index (χ2v) is 11.6. The molecule has 0 aliphatic heterocycles. The van der Waals surface area contributed by atoms with Gasteiger partial charge in [0.2, 0.25) is 0 Å². The van der Waals surface area contributed by atoms with Crippen LogP contribution in [0.25, 0.3) is 0 Å². The molecule has 1 aromatic rings. The second-order valence-electron chi connectivity index (χ2n) is 6.87. The first-order valence-electron chi connectivity index (χ1n) is 6.84. The molecule has 1 aromatic carbocycles. The van der Waals surface area contributed by atoms with Crippen LogP contribution in [-0.4, -0.2) is 29.2 Å². The Balaban J connectivity index is 0.00000400. The van der Waals surface area contributed by atoms with Crippen LogP contribution in [0.2, 0.25) is 0 Å². The average Bonchev–Trinajstić information content (AvgIpc) is 2.27. The number of hydrogen-bond acceptors (Lipinski definition) is 1. The molecule has 0 aromatic heterocycles. The summed E-state index contributed by atoms with van der Waals surface area (Å²) in [7, 11) is 3.62. The SMILES string of the molecule is CN(C)c1ccc(P(C(C)(C)C)C(C)(C)C(Cl)Cl)cc1.[Pd+2]. The maximum atomic E-state index is 6.28. The van der Waals surface area contributed by atoms with Crippen molar-refractivity contribution in [2.75, 3.05) is 19.0 Å². The minimum atomic E-state index is -0.494. The number of hydrogen-bond donors (Lipinski definition) is 0. The monoisotopic (exact) mass is 439 g/mol. The van der Waals surface area contributed by atoms with Crippen molar-refractivity contribution in [3.05, 3.63) is 24.3 Å². The molecule has 0 N–H and O–H groups in total. The van der Waals surface area contributed by atoms with Crippen LogP contribution >= 0.6 is 31.1 Å². The Morgan fingerprint density at radius 3 is 1.67 bits per heavy atom. The molecule has 0 heterocycles. The Kier molecular flexibility index (Phi) is 8.25. The summed E-state index contributed by atoms with van der Waals surface area (Å²) >= 11 is 12.6. The Morgan fingerprint density at radius 2 is 1.38 bits per heavy atom.